The molecule has 0 aliphatic rings. The van der Waals surface area contributed by atoms with E-state index in [2.05, 4.69) is 5.73 Å². The largest absolute Gasteiger partial charge is 0.481 e. The van der Waals surface area contributed by atoms with Crippen LogP contribution in [-0.4, -0.2) is 23.3 Å². The minimum Gasteiger partial charge on any atom is -0.481 e. The predicted molar refractivity (Wildman–Crippen MR) is 30.8 cm³/mol. The predicted octanol–water partition coefficient (Wildman–Crippen LogP) is 0.597. The van der Waals surface area contributed by atoms with E-state index in [0.717, 1.165) is 6.92 Å². The molecule has 3 N–H and O–H groups in total. The van der Waals surface area contributed by atoms with Crippen LogP contribution >= 0.6 is 0 Å². The van der Waals surface area contributed by atoms with Crippen molar-refractivity contribution in [2.75, 3.05) is 0 Å². The number of nitrogens with two attached hydrogens (primary N) is 1. The molecule has 0 bridgehead atoms. The number of hydrogen-bond acceptors (Lipinski definition) is 2. The molecule has 2 unspecified atom stereocenters. The molecule has 11 heavy (non-hydrogen) atoms. The fraction of sp³-hybridized carbons (Fsp3) is 0.800. The van der Waals surface area contributed by atoms with Gasteiger partial charge in [0.1, 0.15) is 6.04 Å². The molecule has 0 rings (SSSR count). The van der Waals surface area contributed by atoms with Gasteiger partial charge in [0, 0.05) is 0 Å². The van der Waals surface area contributed by atoms with E-state index in [9.17, 15) is 18.0 Å². The first-order valence-corrected chi connectivity index (χ1v) is 2.82. The summed E-state index contributed by atoms with van der Waals surface area (Å²) in [6.45, 7) is 0.917. The zero-order valence-electron chi connectivity index (χ0n) is 5.72. The third-order valence-corrected chi connectivity index (χ3v) is 1.31. The van der Waals surface area contributed by atoms with E-state index in [4.69, 9.17) is 5.11 Å². The molecule has 0 aromatic carbocycles. The van der Waals surface area contributed by atoms with Gasteiger partial charge in [-0.15, -0.1) is 0 Å². The zero-order chi connectivity index (χ0) is 9.23. The van der Waals surface area contributed by atoms with Gasteiger partial charge in [-0.3, -0.25) is 4.79 Å². The lowest BCUT2D eigenvalue weighted by atomic mass is 10.0. The summed E-state index contributed by atoms with van der Waals surface area (Å²) >= 11 is 0. The molecule has 0 saturated heterocycles. The number of aliphatic carboxylic acids is 1. The lowest BCUT2D eigenvalue weighted by molar-refractivity contribution is -0.171. The second-order valence-electron chi connectivity index (χ2n) is 2.19. The minimum absolute atomic E-state index is 0.917. The third-order valence-electron chi connectivity index (χ3n) is 1.31. The summed E-state index contributed by atoms with van der Waals surface area (Å²) in [5.74, 6) is -3.15. The van der Waals surface area contributed by atoms with Gasteiger partial charge in [0.25, 0.3) is 0 Å². The summed E-state index contributed by atoms with van der Waals surface area (Å²) in [5.41, 5.74) is 4.59. The first-order valence-electron chi connectivity index (χ1n) is 2.82. The first-order chi connectivity index (χ1) is 4.76. The fourth-order valence-electron chi connectivity index (χ4n) is 0.437. The van der Waals surface area contributed by atoms with Crippen molar-refractivity contribution in [2.45, 2.75) is 19.1 Å². The van der Waals surface area contributed by atoms with E-state index < -0.39 is 24.1 Å². The number of rotatable bonds is 2. The van der Waals surface area contributed by atoms with Gasteiger partial charge in [-0.1, -0.05) is 6.92 Å². The maximum Gasteiger partial charge on any atom is 0.404 e. The monoisotopic (exact) mass is 171 g/mol. The number of carboxylic acids is 1. The van der Waals surface area contributed by atoms with Gasteiger partial charge in [0.05, 0.1) is 5.92 Å². The van der Waals surface area contributed by atoms with Crippen molar-refractivity contribution in [1.82, 2.24) is 0 Å². The van der Waals surface area contributed by atoms with Crippen molar-refractivity contribution in [3.8, 4) is 0 Å². The van der Waals surface area contributed by atoms with Gasteiger partial charge in [-0.2, -0.15) is 13.2 Å². The van der Waals surface area contributed by atoms with Gasteiger partial charge in [-0.05, 0) is 0 Å². The second kappa shape index (κ2) is 3.08. The van der Waals surface area contributed by atoms with Crippen LogP contribution in [0.15, 0.2) is 0 Å². The number of halogens is 3. The Morgan fingerprint density at radius 3 is 2.00 bits per heavy atom. The van der Waals surface area contributed by atoms with Crippen molar-refractivity contribution in [3.05, 3.63) is 0 Å². The average molecular weight is 171 g/mol. The van der Waals surface area contributed by atoms with Crippen molar-refractivity contribution >= 4 is 5.97 Å². The Bertz CT molecular complexity index is 156. The Morgan fingerprint density at radius 1 is 1.55 bits per heavy atom. The SMILES string of the molecule is CC(C(=O)O)C(N)C(F)(F)F. The molecule has 66 valence electrons. The molecule has 0 saturated carbocycles. The van der Waals surface area contributed by atoms with Crippen LogP contribution in [0.3, 0.4) is 0 Å². The molecule has 0 aliphatic heterocycles. The molecule has 2 atom stereocenters. The molecule has 0 aromatic rings. The second-order valence-corrected chi connectivity index (χ2v) is 2.19. The molecular formula is C5H8F3NO2. The lowest BCUT2D eigenvalue weighted by Gasteiger charge is -2.18. The molecule has 0 heterocycles. The normalized spacial score (nSPS) is 17.5. The zero-order valence-corrected chi connectivity index (χ0v) is 5.72. The van der Waals surface area contributed by atoms with Crippen molar-refractivity contribution < 1.29 is 23.1 Å². The molecule has 0 aliphatic carbocycles. The van der Waals surface area contributed by atoms with Crippen LogP contribution in [0.1, 0.15) is 6.92 Å². The van der Waals surface area contributed by atoms with E-state index in [1.165, 1.54) is 0 Å². The van der Waals surface area contributed by atoms with Crippen LogP contribution in [0.5, 0.6) is 0 Å². The Morgan fingerprint density at radius 2 is 1.91 bits per heavy atom. The van der Waals surface area contributed by atoms with Crippen LogP contribution in [0.2, 0.25) is 0 Å². The standard InChI is InChI=1S/C5H8F3NO2/c1-2(4(10)11)3(9)5(6,7)8/h2-3H,9H2,1H3,(H,10,11). The number of carboxylic acid groups (broad SMARTS) is 1. The quantitative estimate of drug-likeness (QED) is 0.639. The van der Waals surface area contributed by atoms with Crippen molar-refractivity contribution in [3.63, 3.8) is 0 Å². The average Bonchev–Trinajstić information content (AvgIpc) is 1.82. The number of hydrogen-bond donors (Lipinski definition) is 2. The minimum atomic E-state index is -4.64. The highest BCUT2D eigenvalue weighted by Gasteiger charge is 2.42. The summed E-state index contributed by atoms with van der Waals surface area (Å²) in [5, 5.41) is 8.14. The van der Waals surface area contributed by atoms with Crippen molar-refractivity contribution in [2.24, 2.45) is 11.7 Å². The molecule has 0 radical (unpaired) electrons. The summed E-state index contributed by atoms with van der Waals surface area (Å²) in [6, 6.07) is -2.29. The molecule has 0 amide bonds. The van der Waals surface area contributed by atoms with Crippen LogP contribution in [0, 0.1) is 5.92 Å². The lowest BCUT2D eigenvalue weighted by Crippen LogP contribution is -2.45. The molecule has 0 fully saturated rings. The van der Waals surface area contributed by atoms with E-state index >= 15 is 0 Å². The van der Waals surface area contributed by atoms with E-state index in [-0.39, 0.29) is 0 Å². The summed E-state index contributed by atoms with van der Waals surface area (Å²) in [4.78, 5) is 10.0. The van der Waals surface area contributed by atoms with Gasteiger partial charge in [0.2, 0.25) is 0 Å². The van der Waals surface area contributed by atoms with Gasteiger partial charge >= 0.3 is 12.1 Å². The number of alkyl halides is 3. The molecule has 0 spiro atoms. The first kappa shape index (κ1) is 10.2. The van der Waals surface area contributed by atoms with Crippen molar-refractivity contribution in [1.29, 1.82) is 0 Å². The Balaban J connectivity index is 4.25. The topological polar surface area (TPSA) is 63.3 Å². The Kier molecular flexibility index (Phi) is 2.86. The Hall–Kier alpha value is -0.780. The molecule has 6 heteroatoms. The molecule has 0 aromatic heterocycles. The summed E-state index contributed by atoms with van der Waals surface area (Å²) in [6.07, 6.45) is -4.64. The van der Waals surface area contributed by atoms with E-state index in [1.807, 2.05) is 0 Å². The number of carbonyl (C=O) groups is 1. The van der Waals surface area contributed by atoms with Crippen LogP contribution in [0.4, 0.5) is 13.2 Å². The van der Waals surface area contributed by atoms with Crippen LogP contribution in [-0.2, 0) is 4.79 Å². The van der Waals surface area contributed by atoms with E-state index in [0.29, 0.717) is 0 Å². The summed E-state index contributed by atoms with van der Waals surface area (Å²) in [7, 11) is 0. The van der Waals surface area contributed by atoms with Gasteiger partial charge in [-0.25, -0.2) is 0 Å². The highest BCUT2D eigenvalue weighted by Crippen LogP contribution is 2.23. The highest BCUT2D eigenvalue weighted by molar-refractivity contribution is 5.70. The highest BCUT2D eigenvalue weighted by atomic mass is 19.4. The van der Waals surface area contributed by atoms with Crippen LogP contribution in [0.25, 0.3) is 0 Å². The Labute approximate surface area is 61.0 Å². The maximum atomic E-state index is 11.7. The third kappa shape index (κ3) is 2.75. The molecular weight excluding hydrogens is 163 g/mol. The van der Waals surface area contributed by atoms with E-state index in [1.54, 1.807) is 0 Å². The smallest absolute Gasteiger partial charge is 0.404 e. The van der Waals surface area contributed by atoms with Gasteiger partial charge < -0.3 is 10.8 Å². The fourth-order valence-corrected chi connectivity index (χ4v) is 0.437. The van der Waals surface area contributed by atoms with Gasteiger partial charge in [0.15, 0.2) is 0 Å². The summed E-state index contributed by atoms with van der Waals surface area (Å²) < 4.78 is 35.0. The maximum absolute atomic E-state index is 11.7. The van der Waals surface area contributed by atoms with Crippen LogP contribution < -0.4 is 5.73 Å². The molecule has 3 nitrogen and oxygen atoms in total.